The van der Waals surface area contributed by atoms with Gasteiger partial charge in [0.1, 0.15) is 11.3 Å². The van der Waals surface area contributed by atoms with Gasteiger partial charge in [-0.1, -0.05) is 55.5 Å². The van der Waals surface area contributed by atoms with Crippen LogP contribution in [0.1, 0.15) is 114 Å². The standard InChI is InChI=1S/C31H43F2N.C2H3N/c1-4-26(34(24(2)3)23-25-13-6-5-7-14-25)17-18-27-28(30(32)19-8-9-20-30)15-12-16-29(27)31(33)21-10-11-22-31;1-2-3/h5-7,12-16,24,26H,4,8-11,17-23H2,1-3H3;1H3. The Morgan fingerprint density at radius 2 is 1.35 bits per heavy atom. The highest BCUT2D eigenvalue weighted by atomic mass is 19.1. The molecule has 0 radical (unpaired) electrons. The molecule has 2 nitrogen and oxygen atoms in total. The number of rotatable bonds is 10. The lowest BCUT2D eigenvalue weighted by Gasteiger charge is -2.36. The van der Waals surface area contributed by atoms with Gasteiger partial charge in [0.15, 0.2) is 0 Å². The molecule has 0 saturated heterocycles. The van der Waals surface area contributed by atoms with Gasteiger partial charge in [0.2, 0.25) is 0 Å². The maximum Gasteiger partial charge on any atom is 0.136 e. The molecule has 0 N–H and O–H groups in total. The van der Waals surface area contributed by atoms with Crippen molar-refractivity contribution < 1.29 is 8.78 Å². The van der Waals surface area contributed by atoms with E-state index in [1.807, 2.05) is 18.2 Å². The van der Waals surface area contributed by atoms with Gasteiger partial charge in [0.25, 0.3) is 0 Å². The van der Waals surface area contributed by atoms with E-state index in [4.69, 9.17) is 5.26 Å². The van der Waals surface area contributed by atoms with Crippen molar-refractivity contribution in [2.45, 2.75) is 128 Å². The van der Waals surface area contributed by atoms with E-state index in [1.165, 1.54) is 12.5 Å². The zero-order valence-corrected chi connectivity index (χ0v) is 23.4. The molecule has 2 aromatic rings. The molecule has 0 amide bonds. The Labute approximate surface area is 224 Å². The third-order valence-corrected chi connectivity index (χ3v) is 8.47. The smallest absolute Gasteiger partial charge is 0.136 e. The molecule has 1 unspecified atom stereocenters. The van der Waals surface area contributed by atoms with Gasteiger partial charge in [-0.3, -0.25) is 4.90 Å². The largest absolute Gasteiger partial charge is 0.294 e. The Bertz CT molecular complexity index is 958. The minimum atomic E-state index is -1.29. The lowest BCUT2D eigenvalue weighted by molar-refractivity contribution is 0.130. The highest BCUT2D eigenvalue weighted by Gasteiger charge is 2.42. The molecule has 2 saturated carbocycles. The quantitative estimate of drug-likeness (QED) is 0.320. The van der Waals surface area contributed by atoms with Crippen LogP contribution in [0, 0.1) is 11.3 Å². The monoisotopic (exact) mass is 508 g/mol. The van der Waals surface area contributed by atoms with Gasteiger partial charge in [-0.25, -0.2) is 8.78 Å². The van der Waals surface area contributed by atoms with Gasteiger partial charge in [0.05, 0.1) is 6.07 Å². The first kappa shape index (κ1) is 29.3. The molecule has 0 heterocycles. The first-order valence-electron chi connectivity index (χ1n) is 14.4. The van der Waals surface area contributed by atoms with Crippen LogP contribution in [0.3, 0.4) is 0 Å². The van der Waals surface area contributed by atoms with Gasteiger partial charge in [-0.15, -0.1) is 0 Å². The molecule has 202 valence electrons. The third-order valence-electron chi connectivity index (χ3n) is 8.47. The van der Waals surface area contributed by atoms with E-state index in [2.05, 4.69) is 56.0 Å². The predicted octanol–water partition coefficient (Wildman–Crippen LogP) is 9.32. The van der Waals surface area contributed by atoms with Gasteiger partial charge < -0.3 is 0 Å². The van der Waals surface area contributed by atoms with E-state index in [9.17, 15) is 0 Å². The fourth-order valence-corrected chi connectivity index (χ4v) is 6.55. The molecule has 0 aliphatic heterocycles. The second-order valence-electron chi connectivity index (χ2n) is 11.3. The topological polar surface area (TPSA) is 27.0 Å². The van der Waals surface area contributed by atoms with Crippen LogP contribution in [0.25, 0.3) is 0 Å². The summed E-state index contributed by atoms with van der Waals surface area (Å²) in [5.41, 5.74) is 1.31. The van der Waals surface area contributed by atoms with Crippen LogP contribution in [0.4, 0.5) is 8.78 Å². The molecule has 2 fully saturated rings. The third kappa shape index (κ3) is 7.20. The van der Waals surface area contributed by atoms with Crippen LogP contribution in [0.5, 0.6) is 0 Å². The molecule has 2 aliphatic rings. The lowest BCUT2D eigenvalue weighted by atomic mass is 9.80. The minimum absolute atomic E-state index is 0.374. The fourth-order valence-electron chi connectivity index (χ4n) is 6.55. The zero-order chi connectivity index (χ0) is 26.9. The summed E-state index contributed by atoms with van der Waals surface area (Å²) < 4.78 is 32.3. The first-order valence-corrected chi connectivity index (χ1v) is 14.4. The molecule has 4 heteroatoms. The summed E-state index contributed by atoms with van der Waals surface area (Å²) in [5, 5.41) is 7.32. The minimum Gasteiger partial charge on any atom is -0.294 e. The van der Waals surface area contributed by atoms with Crippen LogP contribution in [0.15, 0.2) is 48.5 Å². The lowest BCUT2D eigenvalue weighted by Crippen LogP contribution is -2.40. The molecule has 4 rings (SSSR count). The summed E-state index contributed by atoms with van der Waals surface area (Å²) >= 11 is 0. The zero-order valence-electron chi connectivity index (χ0n) is 23.4. The van der Waals surface area contributed by atoms with Gasteiger partial charge in [0, 0.05) is 25.6 Å². The maximum atomic E-state index is 16.1. The number of halogens is 2. The van der Waals surface area contributed by atoms with Crippen molar-refractivity contribution in [1.82, 2.24) is 4.90 Å². The van der Waals surface area contributed by atoms with Crippen LogP contribution in [-0.4, -0.2) is 17.0 Å². The molecule has 2 aromatic carbocycles. The van der Waals surface area contributed by atoms with E-state index in [-0.39, 0.29) is 0 Å². The van der Waals surface area contributed by atoms with Crippen LogP contribution < -0.4 is 0 Å². The molecule has 37 heavy (non-hydrogen) atoms. The molecule has 0 spiro atoms. The molecular weight excluding hydrogens is 462 g/mol. The first-order chi connectivity index (χ1) is 17.8. The number of alkyl halides is 2. The molecule has 0 bridgehead atoms. The molecule has 1 atom stereocenters. The number of hydrogen-bond donors (Lipinski definition) is 0. The average Bonchev–Trinajstić information content (AvgIpc) is 3.54. The van der Waals surface area contributed by atoms with Gasteiger partial charge >= 0.3 is 0 Å². The number of nitrogens with zero attached hydrogens (tertiary/aromatic N) is 2. The summed E-state index contributed by atoms with van der Waals surface area (Å²) in [5.74, 6) is 0. The van der Waals surface area contributed by atoms with Crippen molar-refractivity contribution in [1.29, 1.82) is 5.26 Å². The Morgan fingerprint density at radius 3 is 1.78 bits per heavy atom. The normalized spacial score (nSPS) is 18.9. The summed E-state index contributed by atoms with van der Waals surface area (Å²) in [4.78, 5) is 2.57. The highest BCUT2D eigenvalue weighted by Crippen LogP contribution is 2.49. The van der Waals surface area contributed by atoms with Crippen molar-refractivity contribution in [3.8, 4) is 6.07 Å². The highest BCUT2D eigenvalue weighted by molar-refractivity contribution is 5.43. The van der Waals surface area contributed by atoms with Crippen LogP contribution in [-0.2, 0) is 24.3 Å². The average molecular weight is 509 g/mol. The summed E-state index contributed by atoms with van der Waals surface area (Å²) in [6, 6.07) is 19.0. The van der Waals surface area contributed by atoms with Crippen molar-refractivity contribution in [3.63, 3.8) is 0 Å². The second-order valence-corrected chi connectivity index (χ2v) is 11.3. The van der Waals surface area contributed by atoms with Crippen molar-refractivity contribution >= 4 is 0 Å². The Morgan fingerprint density at radius 1 is 0.865 bits per heavy atom. The number of hydrogen-bond acceptors (Lipinski definition) is 2. The summed E-state index contributed by atoms with van der Waals surface area (Å²) in [6.07, 6.45) is 8.72. The van der Waals surface area contributed by atoms with E-state index >= 15 is 8.78 Å². The molecular formula is C33H46F2N2. The van der Waals surface area contributed by atoms with Crippen molar-refractivity contribution in [3.05, 3.63) is 70.8 Å². The summed E-state index contributed by atoms with van der Waals surface area (Å²) in [6.45, 7) is 9.11. The van der Waals surface area contributed by atoms with Crippen LogP contribution >= 0.6 is 0 Å². The number of benzene rings is 2. The van der Waals surface area contributed by atoms with E-state index in [1.54, 1.807) is 6.07 Å². The van der Waals surface area contributed by atoms with E-state index in [0.717, 1.165) is 68.2 Å². The van der Waals surface area contributed by atoms with Crippen LogP contribution in [0.2, 0.25) is 0 Å². The van der Waals surface area contributed by atoms with E-state index < -0.39 is 11.3 Å². The fraction of sp³-hybridized carbons (Fsp3) is 0.606. The maximum absolute atomic E-state index is 16.1. The van der Waals surface area contributed by atoms with Crippen molar-refractivity contribution in [2.75, 3.05) is 0 Å². The Balaban J connectivity index is 0.00000121. The number of nitriles is 1. The SMILES string of the molecule is CC#N.CCC(CCc1c(C2(F)CCCC2)cccc1C1(F)CCCC1)N(Cc1ccccc1)C(C)C. The van der Waals surface area contributed by atoms with Gasteiger partial charge in [-0.05, 0) is 107 Å². The summed E-state index contributed by atoms with van der Waals surface area (Å²) in [7, 11) is 0. The van der Waals surface area contributed by atoms with Gasteiger partial charge in [-0.2, -0.15) is 5.26 Å². The molecule has 0 aromatic heterocycles. The van der Waals surface area contributed by atoms with E-state index in [0.29, 0.717) is 37.8 Å². The molecule has 2 aliphatic carbocycles. The van der Waals surface area contributed by atoms with Crippen molar-refractivity contribution in [2.24, 2.45) is 0 Å². The Hall–Kier alpha value is -2.25. The predicted molar refractivity (Wildman–Crippen MR) is 150 cm³/mol. The Kier molecular flexibility index (Phi) is 10.7. The second kappa shape index (κ2) is 13.5.